The van der Waals surface area contributed by atoms with Crippen LogP contribution in [0.1, 0.15) is 77.4 Å². The van der Waals surface area contributed by atoms with Crippen molar-refractivity contribution in [1.82, 2.24) is 44.4 Å². The van der Waals surface area contributed by atoms with Gasteiger partial charge in [0.25, 0.3) is 24.3 Å². The van der Waals surface area contributed by atoms with E-state index in [2.05, 4.69) is 35.2 Å². The number of nitrogens with zero attached hydrogens (tertiary/aromatic N) is 8. The van der Waals surface area contributed by atoms with Crippen molar-refractivity contribution in [2.24, 2.45) is 5.92 Å². The Balaban J connectivity index is 1.25. The number of fused-ring (bicyclic) bond motifs is 4. The molecular weight excluding hydrogens is 904 g/mol. The molecule has 4 aromatic heterocycles. The molecule has 0 radical (unpaired) electrons. The molecule has 9 rings (SSSR count). The Hall–Kier alpha value is -5.97. The summed E-state index contributed by atoms with van der Waals surface area (Å²) in [5.74, 6) is -10.0. The number of carbonyl (C=O) groups excluding carboxylic acids is 1. The molecule has 4 heterocycles. The zero-order chi connectivity index (χ0) is 45.7. The first-order chi connectivity index (χ1) is 30.2. The van der Waals surface area contributed by atoms with E-state index < -0.39 is 118 Å². The predicted octanol–water partition coefficient (Wildman–Crippen LogP) is 7.20. The molecule has 6 aromatic rings. The van der Waals surface area contributed by atoms with Gasteiger partial charge in [0.15, 0.2) is 11.6 Å². The van der Waals surface area contributed by atoms with Crippen LogP contribution in [0.5, 0.6) is 0 Å². The van der Waals surface area contributed by atoms with Gasteiger partial charge in [0.2, 0.25) is 15.9 Å². The highest BCUT2D eigenvalue weighted by atomic mass is 35.5. The van der Waals surface area contributed by atoms with Gasteiger partial charge in [-0.2, -0.15) is 19.0 Å². The third kappa shape index (κ3) is 7.85. The summed E-state index contributed by atoms with van der Waals surface area (Å²) in [6.45, 7) is 1.04. The average molecular weight is 937 g/mol. The highest BCUT2D eigenvalue weighted by Crippen LogP contribution is 2.68. The molecule has 64 heavy (non-hydrogen) atoms. The van der Waals surface area contributed by atoms with Gasteiger partial charge in [-0.05, 0) is 74.9 Å². The molecular formula is C40H33ClF8N10O4S. The first kappa shape index (κ1) is 43.3. The lowest BCUT2D eigenvalue weighted by Crippen LogP contribution is -2.38. The van der Waals surface area contributed by atoms with Gasteiger partial charge in [-0.1, -0.05) is 11.6 Å². The molecule has 2 N–H and O–H groups in total. The van der Waals surface area contributed by atoms with Gasteiger partial charge in [0, 0.05) is 41.4 Å². The van der Waals surface area contributed by atoms with Crippen LogP contribution in [0.2, 0.25) is 5.02 Å². The molecule has 2 fully saturated rings. The summed E-state index contributed by atoms with van der Waals surface area (Å²) in [4.78, 5) is 42.3. The third-order valence-corrected chi connectivity index (χ3v) is 13.3. The number of sulfonamides is 1. The highest BCUT2D eigenvalue weighted by molar-refractivity contribution is 7.93. The van der Waals surface area contributed by atoms with Crippen LogP contribution in [0, 0.1) is 31.4 Å². The molecule has 24 heteroatoms. The van der Waals surface area contributed by atoms with Gasteiger partial charge in [-0.3, -0.25) is 28.2 Å². The Kier molecular flexibility index (Phi) is 10.6. The smallest absolute Gasteiger partial charge is 0.293 e. The number of halogens is 9. The van der Waals surface area contributed by atoms with Crippen LogP contribution in [0.25, 0.3) is 28.1 Å². The maximum absolute atomic E-state index is 15.5. The molecule has 0 unspecified atom stereocenters. The normalized spacial score (nSPS) is 18.1. The zero-order valence-corrected chi connectivity index (χ0v) is 34.8. The summed E-state index contributed by atoms with van der Waals surface area (Å²) in [7, 11) is -4.08. The minimum atomic E-state index is -4.08. The number of aryl methyl sites for hydroxylation is 2. The van der Waals surface area contributed by atoms with Crippen LogP contribution in [0.15, 0.2) is 47.3 Å². The van der Waals surface area contributed by atoms with E-state index in [1.807, 2.05) is 0 Å². The van der Waals surface area contributed by atoms with Crippen molar-refractivity contribution in [3.05, 3.63) is 109 Å². The van der Waals surface area contributed by atoms with Crippen molar-refractivity contribution in [2.45, 2.75) is 88.6 Å². The van der Waals surface area contributed by atoms with Crippen LogP contribution >= 0.6 is 11.6 Å². The molecule has 0 saturated heterocycles. The monoisotopic (exact) mass is 936 g/mol. The van der Waals surface area contributed by atoms with E-state index in [-0.39, 0.29) is 50.7 Å². The number of benzene rings is 2. The Labute approximate surface area is 361 Å². The fraction of sp³-hybridized carbons (Fsp3) is 0.375. The second-order valence-corrected chi connectivity index (χ2v) is 18.4. The number of alkyl halides is 6. The summed E-state index contributed by atoms with van der Waals surface area (Å²) >= 11 is 6.62. The molecule has 0 bridgehead atoms. The summed E-state index contributed by atoms with van der Waals surface area (Å²) in [5, 5.41) is 9.21. The highest BCUT2D eigenvalue weighted by Gasteiger charge is 2.67. The molecule has 2 aromatic carbocycles. The quantitative estimate of drug-likeness (QED) is 0.107. The summed E-state index contributed by atoms with van der Waals surface area (Å²) in [6.07, 6.45) is -6.33. The molecule has 2 saturated carbocycles. The lowest BCUT2D eigenvalue weighted by Gasteiger charge is -2.24. The molecule has 3 aliphatic rings. The lowest BCUT2D eigenvalue weighted by molar-refractivity contribution is -0.123. The van der Waals surface area contributed by atoms with E-state index in [9.17, 15) is 44.3 Å². The summed E-state index contributed by atoms with van der Waals surface area (Å²) < 4.78 is 148. The summed E-state index contributed by atoms with van der Waals surface area (Å²) in [6, 6.07) is 5.71. The van der Waals surface area contributed by atoms with Crippen molar-refractivity contribution >= 4 is 44.3 Å². The number of anilines is 1. The van der Waals surface area contributed by atoms with Crippen molar-refractivity contribution in [3.8, 4) is 17.2 Å². The van der Waals surface area contributed by atoms with E-state index in [1.165, 1.54) is 12.1 Å². The van der Waals surface area contributed by atoms with Crippen LogP contribution < -0.4 is 15.6 Å². The lowest BCUT2D eigenvalue weighted by atomic mass is 10.0. The Morgan fingerprint density at radius 3 is 2.28 bits per heavy atom. The number of aromatic nitrogens is 8. The standard InChI is InChI=1S/C40H33ClF8N10O4S/c1-16-7-17(2)51-37(50-16)25-13-30(61)59(27-6-5-24(41)32-34(27)57(14-28(44)45)55-38(32)56-64(62,63)21-3-4-21)39(53-25)26(10-18-8-19(42)11-20(43)9-18)52-29(60)15-58-35-31(33(54-58)36(46)47)22-12-23(22)40(35,48)49/h5-9,11,13,21-23,26,28,36H,3-4,10,12,14-15H2,1-2H3,(H,52,60)(H,55,56)/t22-,23+,26-/m0/s1. The maximum atomic E-state index is 15.5. The number of hydrogen-bond donors (Lipinski definition) is 2. The fourth-order valence-corrected chi connectivity index (χ4v) is 10.0. The van der Waals surface area contributed by atoms with Gasteiger partial charge in [-0.25, -0.2) is 49.7 Å². The van der Waals surface area contributed by atoms with Crippen molar-refractivity contribution in [3.63, 3.8) is 0 Å². The van der Waals surface area contributed by atoms with Crippen LogP contribution in [0.4, 0.5) is 40.9 Å². The molecule has 3 aliphatic carbocycles. The average Bonchev–Trinajstić information content (AvgIpc) is 4.11. The summed E-state index contributed by atoms with van der Waals surface area (Å²) in [5.41, 5.74) is -3.13. The number of rotatable bonds is 14. The Morgan fingerprint density at radius 2 is 1.64 bits per heavy atom. The molecule has 336 valence electrons. The van der Waals surface area contributed by atoms with Crippen molar-refractivity contribution in [2.75, 3.05) is 4.72 Å². The predicted molar refractivity (Wildman–Crippen MR) is 213 cm³/mol. The molecule has 3 atom stereocenters. The molecule has 0 spiro atoms. The SMILES string of the molecule is Cc1cc(C)nc(-c2cc(=O)n(-c3ccc(Cl)c4c(NS(=O)(=O)C5CC5)nn(CC(F)F)c34)c([C@H](Cc3cc(F)cc(F)c3)NC(=O)Cn3nc(C(F)F)c4c3C(F)(F)[C@@H]3C[C@H]43)n2)n1. The Bertz CT molecular complexity index is 3040. The van der Waals surface area contributed by atoms with Gasteiger partial charge in [0.05, 0.1) is 32.9 Å². The van der Waals surface area contributed by atoms with E-state index in [0.717, 1.165) is 27.4 Å². The topological polar surface area (TPSA) is 172 Å². The third-order valence-electron chi connectivity index (χ3n) is 11.2. The molecule has 0 aliphatic heterocycles. The maximum Gasteiger partial charge on any atom is 0.293 e. The number of nitrogens with one attached hydrogen (secondary N) is 2. The second-order valence-electron chi connectivity index (χ2n) is 16.0. The second kappa shape index (κ2) is 15.6. The van der Waals surface area contributed by atoms with Crippen LogP contribution in [-0.4, -0.2) is 65.1 Å². The van der Waals surface area contributed by atoms with E-state index >= 15 is 8.78 Å². The minimum absolute atomic E-state index is 0.0460. The Morgan fingerprint density at radius 1 is 0.953 bits per heavy atom. The van der Waals surface area contributed by atoms with Crippen LogP contribution in [-0.2, 0) is 40.3 Å². The number of hydrogen-bond acceptors (Lipinski definition) is 9. The first-order valence-electron chi connectivity index (χ1n) is 19.7. The van der Waals surface area contributed by atoms with Gasteiger partial charge >= 0.3 is 0 Å². The number of amides is 1. The van der Waals surface area contributed by atoms with Gasteiger partial charge in [0.1, 0.15) is 47.6 Å². The van der Waals surface area contributed by atoms with Crippen LogP contribution in [0.3, 0.4) is 0 Å². The first-order valence-corrected chi connectivity index (χ1v) is 21.6. The van der Waals surface area contributed by atoms with Crippen molar-refractivity contribution < 1.29 is 48.3 Å². The fourth-order valence-electron chi connectivity index (χ4n) is 8.43. The number of carbonyl (C=O) groups is 1. The minimum Gasteiger partial charge on any atom is -0.344 e. The van der Waals surface area contributed by atoms with Gasteiger partial charge in [-0.15, -0.1) is 0 Å². The van der Waals surface area contributed by atoms with Gasteiger partial charge < -0.3 is 5.32 Å². The van der Waals surface area contributed by atoms with E-state index in [0.29, 0.717) is 35.0 Å². The molecule has 1 amide bonds. The molecule has 14 nitrogen and oxygen atoms in total. The zero-order valence-electron chi connectivity index (χ0n) is 33.3. The van der Waals surface area contributed by atoms with E-state index in [4.69, 9.17) is 11.6 Å². The van der Waals surface area contributed by atoms with E-state index in [1.54, 1.807) is 19.9 Å². The largest absolute Gasteiger partial charge is 0.344 e. The van der Waals surface area contributed by atoms with Crippen molar-refractivity contribution in [1.29, 1.82) is 0 Å².